The Morgan fingerprint density at radius 3 is 2.27 bits per heavy atom. The van der Waals surface area contributed by atoms with Crippen LogP contribution < -0.4 is 0 Å². The first kappa shape index (κ1) is 10.9. The number of hydrogen-bond donors (Lipinski definition) is 0. The molecule has 2 atom stereocenters. The summed E-state index contributed by atoms with van der Waals surface area (Å²) < 4.78 is 10.5. The summed E-state index contributed by atoms with van der Waals surface area (Å²) in [7, 11) is -2.46. The van der Waals surface area contributed by atoms with E-state index in [4.69, 9.17) is 8.85 Å². The number of rotatable bonds is 4. The van der Waals surface area contributed by atoms with E-state index in [1.807, 2.05) is 13.5 Å². The van der Waals surface area contributed by atoms with E-state index in [1.54, 1.807) is 0 Å². The summed E-state index contributed by atoms with van der Waals surface area (Å²) in [5.41, 5.74) is 0. The lowest BCUT2D eigenvalue weighted by Crippen LogP contribution is -2.37. The van der Waals surface area contributed by atoms with E-state index < -0.39 is 17.1 Å². The Bertz CT molecular complexity index is 129. The highest BCUT2D eigenvalue weighted by Crippen LogP contribution is 1.95. The lowest BCUT2D eigenvalue weighted by Gasteiger charge is -2.15. The minimum absolute atomic E-state index is 0.164. The Balaban J connectivity index is 3.63. The molecule has 0 aliphatic rings. The normalized spacial score (nSPS) is 15.6. The lowest BCUT2D eigenvalue weighted by atomic mass is 10.9. The molecule has 0 spiro atoms. The van der Waals surface area contributed by atoms with Gasteiger partial charge in [-0.3, -0.25) is 4.79 Å². The van der Waals surface area contributed by atoms with Gasteiger partial charge in [-0.15, -0.1) is 0 Å². The summed E-state index contributed by atoms with van der Waals surface area (Å²) >= 11 is 0. The predicted octanol–water partition coefficient (Wildman–Crippen LogP) is 0.372. The molecule has 66 valence electrons. The van der Waals surface area contributed by atoms with Crippen LogP contribution in [0.3, 0.4) is 0 Å². The third-order valence-electron chi connectivity index (χ3n) is 1.44. The van der Waals surface area contributed by atoms with Crippen molar-refractivity contribution in [2.75, 3.05) is 6.61 Å². The standard InChI is InChI=1S/C6H16O3Si2/c1-5-8-10(3)11(4)9-6(2)7/h10-11H,5H2,1-4H3. The summed E-state index contributed by atoms with van der Waals surface area (Å²) in [6, 6.07) is 0. The smallest absolute Gasteiger partial charge is 0.289 e. The topological polar surface area (TPSA) is 35.5 Å². The molecule has 0 bridgehead atoms. The molecule has 0 aliphatic heterocycles. The molecule has 0 saturated carbocycles. The predicted molar refractivity (Wildman–Crippen MR) is 49.4 cm³/mol. The van der Waals surface area contributed by atoms with E-state index in [2.05, 4.69) is 6.55 Å². The van der Waals surface area contributed by atoms with E-state index in [0.717, 1.165) is 6.61 Å². The van der Waals surface area contributed by atoms with Crippen LogP contribution >= 0.6 is 0 Å². The van der Waals surface area contributed by atoms with Crippen LogP contribution in [0.1, 0.15) is 13.8 Å². The highest BCUT2D eigenvalue weighted by atomic mass is 29.2. The molecule has 0 saturated heterocycles. The van der Waals surface area contributed by atoms with E-state index in [0.29, 0.717) is 0 Å². The highest BCUT2D eigenvalue weighted by molar-refractivity contribution is 7.16. The quantitative estimate of drug-likeness (QED) is 0.604. The van der Waals surface area contributed by atoms with Gasteiger partial charge in [0, 0.05) is 13.5 Å². The number of carbonyl (C=O) groups excluding carboxylic acids is 1. The number of hydrogen-bond acceptors (Lipinski definition) is 3. The second-order valence-corrected chi connectivity index (χ2v) is 11.5. The van der Waals surface area contributed by atoms with Crippen molar-refractivity contribution in [3.8, 4) is 0 Å². The monoisotopic (exact) mass is 192 g/mol. The molecule has 0 aromatic carbocycles. The molecule has 0 heterocycles. The van der Waals surface area contributed by atoms with Gasteiger partial charge in [-0.2, -0.15) is 0 Å². The van der Waals surface area contributed by atoms with Gasteiger partial charge in [0.1, 0.15) is 0 Å². The summed E-state index contributed by atoms with van der Waals surface area (Å²) in [6.45, 7) is 8.28. The molecule has 11 heavy (non-hydrogen) atoms. The first-order valence-corrected chi connectivity index (χ1v) is 9.78. The van der Waals surface area contributed by atoms with Crippen molar-refractivity contribution in [3.05, 3.63) is 0 Å². The summed E-state index contributed by atoms with van der Waals surface area (Å²) in [4.78, 5) is 10.5. The van der Waals surface area contributed by atoms with Gasteiger partial charge in [0.2, 0.25) is 17.1 Å². The molecule has 0 fully saturated rings. The molecule has 0 radical (unpaired) electrons. The number of carbonyl (C=O) groups is 1. The van der Waals surface area contributed by atoms with Gasteiger partial charge in [0.05, 0.1) is 0 Å². The summed E-state index contributed by atoms with van der Waals surface area (Å²) in [5, 5.41) is 0. The SMILES string of the molecule is CCO[SiH](C)[SiH](C)OC(C)=O. The molecule has 2 unspecified atom stereocenters. The minimum Gasteiger partial charge on any atom is -0.523 e. The molecule has 3 nitrogen and oxygen atoms in total. The largest absolute Gasteiger partial charge is 0.523 e. The Morgan fingerprint density at radius 1 is 1.36 bits per heavy atom. The Morgan fingerprint density at radius 2 is 1.91 bits per heavy atom. The van der Waals surface area contributed by atoms with Crippen LogP contribution in [0.15, 0.2) is 0 Å². The van der Waals surface area contributed by atoms with Gasteiger partial charge in [-0.1, -0.05) is 0 Å². The van der Waals surface area contributed by atoms with Crippen molar-refractivity contribution in [1.82, 2.24) is 0 Å². The highest BCUT2D eigenvalue weighted by Gasteiger charge is 2.19. The molecule has 0 aromatic rings. The third kappa shape index (κ3) is 5.17. The van der Waals surface area contributed by atoms with Crippen LogP contribution in [0, 0.1) is 0 Å². The van der Waals surface area contributed by atoms with Crippen molar-refractivity contribution in [3.63, 3.8) is 0 Å². The van der Waals surface area contributed by atoms with E-state index in [1.165, 1.54) is 6.92 Å². The maximum Gasteiger partial charge on any atom is 0.289 e. The van der Waals surface area contributed by atoms with Crippen molar-refractivity contribution in [2.24, 2.45) is 0 Å². The fraction of sp³-hybridized carbons (Fsp3) is 0.833. The third-order valence-corrected chi connectivity index (χ3v) is 9.28. The lowest BCUT2D eigenvalue weighted by molar-refractivity contribution is -0.132. The van der Waals surface area contributed by atoms with Crippen LogP contribution in [0.2, 0.25) is 13.1 Å². The zero-order valence-electron chi connectivity index (χ0n) is 7.59. The van der Waals surface area contributed by atoms with Crippen LogP contribution in [-0.2, 0) is 13.6 Å². The molecule has 0 amide bonds. The van der Waals surface area contributed by atoms with Gasteiger partial charge in [-0.05, 0) is 20.0 Å². The molecular formula is C6H16O3Si2. The second kappa shape index (κ2) is 5.51. The Kier molecular flexibility index (Phi) is 5.44. The van der Waals surface area contributed by atoms with Gasteiger partial charge >= 0.3 is 0 Å². The van der Waals surface area contributed by atoms with Crippen molar-refractivity contribution >= 4 is 23.1 Å². The second-order valence-electron chi connectivity index (χ2n) is 2.48. The first-order valence-electron chi connectivity index (χ1n) is 3.86. The molecule has 0 aliphatic carbocycles. The minimum atomic E-state index is -1.30. The van der Waals surface area contributed by atoms with Gasteiger partial charge < -0.3 is 8.85 Å². The van der Waals surface area contributed by atoms with Gasteiger partial charge in [0.15, 0.2) is 0 Å². The van der Waals surface area contributed by atoms with Crippen molar-refractivity contribution in [2.45, 2.75) is 26.9 Å². The van der Waals surface area contributed by atoms with E-state index >= 15 is 0 Å². The summed E-state index contributed by atoms with van der Waals surface area (Å²) in [6.07, 6.45) is 0. The maximum absolute atomic E-state index is 10.5. The summed E-state index contributed by atoms with van der Waals surface area (Å²) in [5.74, 6) is -0.164. The molecular weight excluding hydrogens is 176 g/mol. The van der Waals surface area contributed by atoms with Crippen LogP contribution in [0.5, 0.6) is 0 Å². The zero-order chi connectivity index (χ0) is 8.85. The van der Waals surface area contributed by atoms with Gasteiger partial charge in [-0.25, -0.2) is 0 Å². The fourth-order valence-corrected chi connectivity index (χ4v) is 4.81. The maximum atomic E-state index is 10.5. The first-order chi connectivity index (χ1) is 5.07. The van der Waals surface area contributed by atoms with Crippen molar-refractivity contribution in [1.29, 1.82) is 0 Å². The van der Waals surface area contributed by atoms with Crippen LogP contribution in [-0.4, -0.2) is 29.7 Å². The Labute approximate surface area is 70.9 Å². The van der Waals surface area contributed by atoms with Crippen LogP contribution in [0.25, 0.3) is 0 Å². The van der Waals surface area contributed by atoms with E-state index in [9.17, 15) is 4.79 Å². The van der Waals surface area contributed by atoms with E-state index in [-0.39, 0.29) is 5.97 Å². The molecule has 0 N–H and O–H groups in total. The molecule has 0 aromatic heterocycles. The van der Waals surface area contributed by atoms with Gasteiger partial charge in [0.25, 0.3) is 5.97 Å². The fourth-order valence-electron chi connectivity index (χ4n) is 0.756. The zero-order valence-corrected chi connectivity index (χ0v) is 9.90. The molecule has 5 heteroatoms. The average Bonchev–Trinajstić information content (AvgIpc) is 1.86. The average molecular weight is 192 g/mol. The molecule has 0 rings (SSSR count). The Hall–Kier alpha value is -0.136. The van der Waals surface area contributed by atoms with Crippen molar-refractivity contribution < 1.29 is 13.6 Å². The van der Waals surface area contributed by atoms with Crippen LogP contribution in [0.4, 0.5) is 0 Å².